The number of hydrogen-bond acceptors (Lipinski definition) is 7. The number of carbonyl (C=O) groups excluding carboxylic acids is 1. The molecule has 1 aliphatic rings. The number of nitrogens with zero attached hydrogens (tertiary/aromatic N) is 5. The van der Waals surface area contributed by atoms with E-state index in [2.05, 4.69) is 25.7 Å². The van der Waals surface area contributed by atoms with Crippen molar-refractivity contribution in [1.29, 1.82) is 0 Å². The van der Waals surface area contributed by atoms with Crippen LogP contribution in [-0.2, 0) is 0 Å². The molecule has 4 rings (SSSR count). The fourth-order valence-electron chi connectivity index (χ4n) is 3.41. The molecule has 1 N–H and O–H groups in total. The second kappa shape index (κ2) is 8.17. The van der Waals surface area contributed by atoms with E-state index < -0.39 is 0 Å². The molecule has 3 aromatic rings. The normalized spacial score (nSPS) is 13.4. The molecule has 9 nitrogen and oxygen atoms in total. The molecule has 0 spiro atoms. The number of carbonyl (C=O) groups is 1. The third-order valence-electron chi connectivity index (χ3n) is 4.90. The van der Waals surface area contributed by atoms with Crippen molar-refractivity contribution in [2.24, 2.45) is 0 Å². The number of amides is 1. The number of anilines is 2. The van der Waals surface area contributed by atoms with Crippen LogP contribution in [-0.4, -0.2) is 53.4 Å². The van der Waals surface area contributed by atoms with Gasteiger partial charge in [0.05, 0.1) is 31.3 Å². The topological polar surface area (TPSA) is 94.4 Å². The zero-order chi connectivity index (χ0) is 20.2. The number of hydrogen-bond donors (Lipinski definition) is 1. The second-order valence-corrected chi connectivity index (χ2v) is 6.71. The number of aromatic nitrogens is 4. The average molecular weight is 394 g/mol. The maximum atomic E-state index is 13.0. The molecule has 9 heteroatoms. The molecule has 0 saturated carbocycles. The summed E-state index contributed by atoms with van der Waals surface area (Å²) in [4.78, 5) is 15.3. The lowest BCUT2D eigenvalue weighted by Crippen LogP contribution is -2.21. The molecule has 1 aromatic heterocycles. The summed E-state index contributed by atoms with van der Waals surface area (Å²) >= 11 is 0. The van der Waals surface area contributed by atoms with Crippen molar-refractivity contribution in [3.8, 4) is 17.2 Å². The molecule has 150 valence electrons. The molecule has 2 heterocycles. The van der Waals surface area contributed by atoms with Crippen LogP contribution in [0.15, 0.2) is 42.7 Å². The Balaban J connectivity index is 1.69. The molecule has 1 fully saturated rings. The van der Waals surface area contributed by atoms with Crippen LogP contribution in [0.2, 0.25) is 0 Å². The minimum absolute atomic E-state index is 0.253. The van der Waals surface area contributed by atoms with Crippen LogP contribution in [0.1, 0.15) is 23.2 Å². The van der Waals surface area contributed by atoms with Crippen LogP contribution in [0.4, 0.5) is 11.4 Å². The van der Waals surface area contributed by atoms with E-state index in [4.69, 9.17) is 9.47 Å². The van der Waals surface area contributed by atoms with Gasteiger partial charge >= 0.3 is 0 Å². The van der Waals surface area contributed by atoms with Gasteiger partial charge in [0.2, 0.25) is 0 Å². The summed E-state index contributed by atoms with van der Waals surface area (Å²) in [6, 6.07) is 10.9. The van der Waals surface area contributed by atoms with E-state index in [9.17, 15) is 4.79 Å². The Morgan fingerprint density at radius 1 is 1.03 bits per heavy atom. The van der Waals surface area contributed by atoms with Crippen molar-refractivity contribution in [3.63, 3.8) is 0 Å². The first-order chi connectivity index (χ1) is 14.2. The van der Waals surface area contributed by atoms with Crippen LogP contribution < -0.4 is 19.7 Å². The molecular formula is C20H22N6O3. The summed E-state index contributed by atoms with van der Waals surface area (Å²) in [6.07, 6.45) is 3.79. The molecular weight excluding hydrogens is 372 g/mol. The fraction of sp³-hybridized carbons (Fsp3) is 0.300. The summed E-state index contributed by atoms with van der Waals surface area (Å²) in [6.45, 7) is 1.92. The van der Waals surface area contributed by atoms with Crippen molar-refractivity contribution in [2.75, 3.05) is 37.5 Å². The highest BCUT2D eigenvalue weighted by atomic mass is 16.5. The van der Waals surface area contributed by atoms with Gasteiger partial charge in [0.1, 0.15) is 17.8 Å². The van der Waals surface area contributed by atoms with E-state index in [1.54, 1.807) is 37.1 Å². The van der Waals surface area contributed by atoms with Gasteiger partial charge in [0, 0.05) is 24.7 Å². The monoisotopic (exact) mass is 394 g/mol. The van der Waals surface area contributed by atoms with Gasteiger partial charge in [-0.05, 0) is 53.6 Å². The summed E-state index contributed by atoms with van der Waals surface area (Å²) < 4.78 is 12.1. The molecule has 0 unspecified atom stereocenters. The van der Waals surface area contributed by atoms with E-state index >= 15 is 0 Å². The number of methoxy groups -OCH3 is 2. The van der Waals surface area contributed by atoms with Crippen molar-refractivity contribution < 1.29 is 14.3 Å². The first-order valence-corrected chi connectivity index (χ1v) is 9.35. The first kappa shape index (κ1) is 18.7. The Labute approximate surface area is 168 Å². The Kier molecular flexibility index (Phi) is 5.28. The quantitative estimate of drug-likeness (QED) is 0.686. The number of benzene rings is 2. The number of tetrazole rings is 1. The standard InChI is InChI=1S/C20H22N6O3/c1-28-16-9-14(10-17(12-16)29-2)20(27)22-18-11-15(26-13-21-23-24-26)5-6-19(18)25-7-3-4-8-25/h5-6,9-13H,3-4,7-8H2,1-2H3,(H,22,27). The average Bonchev–Trinajstić information content (AvgIpc) is 3.47. The predicted molar refractivity (Wildman–Crippen MR) is 108 cm³/mol. The highest BCUT2D eigenvalue weighted by Gasteiger charge is 2.19. The Bertz CT molecular complexity index is 977. The minimum Gasteiger partial charge on any atom is -0.497 e. The van der Waals surface area contributed by atoms with E-state index in [0.717, 1.165) is 37.3 Å². The fourth-order valence-corrected chi connectivity index (χ4v) is 3.41. The molecule has 0 radical (unpaired) electrons. The van der Waals surface area contributed by atoms with Crippen LogP contribution >= 0.6 is 0 Å². The van der Waals surface area contributed by atoms with Crippen LogP contribution in [0, 0.1) is 0 Å². The van der Waals surface area contributed by atoms with Crippen molar-refractivity contribution >= 4 is 17.3 Å². The van der Waals surface area contributed by atoms with Crippen molar-refractivity contribution in [1.82, 2.24) is 20.2 Å². The van der Waals surface area contributed by atoms with Gasteiger partial charge in [0.15, 0.2) is 0 Å². The maximum Gasteiger partial charge on any atom is 0.255 e. The van der Waals surface area contributed by atoms with Gasteiger partial charge in [-0.1, -0.05) is 0 Å². The number of ether oxygens (including phenoxy) is 2. The van der Waals surface area contributed by atoms with Gasteiger partial charge in [-0.25, -0.2) is 4.68 Å². The van der Waals surface area contributed by atoms with E-state index in [-0.39, 0.29) is 5.91 Å². The molecule has 2 aromatic carbocycles. The lowest BCUT2D eigenvalue weighted by atomic mass is 10.1. The van der Waals surface area contributed by atoms with Crippen molar-refractivity contribution in [2.45, 2.75) is 12.8 Å². The van der Waals surface area contributed by atoms with E-state index in [1.807, 2.05) is 18.2 Å². The number of rotatable bonds is 6. The summed E-state index contributed by atoms with van der Waals surface area (Å²) in [5, 5.41) is 14.3. The molecule has 29 heavy (non-hydrogen) atoms. The summed E-state index contributed by atoms with van der Waals surface area (Å²) in [7, 11) is 3.11. The molecule has 1 saturated heterocycles. The third kappa shape index (κ3) is 3.98. The molecule has 1 amide bonds. The van der Waals surface area contributed by atoms with Gasteiger partial charge in [-0.3, -0.25) is 4.79 Å². The predicted octanol–water partition coefficient (Wildman–Crippen LogP) is 2.53. The lowest BCUT2D eigenvalue weighted by molar-refractivity contribution is 0.102. The minimum atomic E-state index is -0.253. The second-order valence-electron chi connectivity index (χ2n) is 6.71. The Morgan fingerprint density at radius 2 is 1.76 bits per heavy atom. The zero-order valence-electron chi connectivity index (χ0n) is 16.3. The zero-order valence-corrected chi connectivity index (χ0v) is 16.3. The molecule has 0 bridgehead atoms. The Morgan fingerprint density at radius 3 is 2.38 bits per heavy atom. The van der Waals surface area contributed by atoms with Crippen LogP contribution in [0.3, 0.4) is 0 Å². The highest BCUT2D eigenvalue weighted by molar-refractivity contribution is 6.06. The van der Waals surface area contributed by atoms with Gasteiger partial charge in [-0.2, -0.15) is 0 Å². The summed E-state index contributed by atoms with van der Waals surface area (Å²) in [5.41, 5.74) is 2.88. The largest absolute Gasteiger partial charge is 0.497 e. The molecule has 1 aliphatic heterocycles. The lowest BCUT2D eigenvalue weighted by Gasteiger charge is -2.22. The van der Waals surface area contributed by atoms with Crippen LogP contribution in [0.25, 0.3) is 5.69 Å². The van der Waals surface area contributed by atoms with Crippen LogP contribution in [0.5, 0.6) is 11.5 Å². The summed E-state index contributed by atoms with van der Waals surface area (Å²) in [5.74, 6) is 0.852. The third-order valence-corrected chi connectivity index (χ3v) is 4.90. The molecule has 0 aliphatic carbocycles. The van der Waals surface area contributed by atoms with E-state index in [1.165, 1.54) is 6.33 Å². The van der Waals surface area contributed by atoms with Gasteiger partial charge < -0.3 is 19.7 Å². The highest BCUT2D eigenvalue weighted by Crippen LogP contribution is 2.32. The van der Waals surface area contributed by atoms with Gasteiger partial charge in [-0.15, -0.1) is 5.10 Å². The maximum absolute atomic E-state index is 13.0. The smallest absolute Gasteiger partial charge is 0.255 e. The Hall–Kier alpha value is -3.62. The molecule has 0 atom stereocenters. The number of nitrogens with one attached hydrogen (secondary N) is 1. The van der Waals surface area contributed by atoms with E-state index in [0.29, 0.717) is 22.7 Å². The SMILES string of the molecule is COc1cc(OC)cc(C(=O)Nc2cc(-n3cnnn3)ccc2N2CCCC2)c1. The van der Waals surface area contributed by atoms with Gasteiger partial charge in [0.25, 0.3) is 5.91 Å². The first-order valence-electron chi connectivity index (χ1n) is 9.35. The van der Waals surface area contributed by atoms with Crippen molar-refractivity contribution in [3.05, 3.63) is 48.3 Å².